The first-order chi connectivity index (χ1) is 12.1. The average molecular weight is 360 g/mol. The van der Waals surface area contributed by atoms with Crippen molar-refractivity contribution in [2.24, 2.45) is 17.8 Å². The second kappa shape index (κ2) is 5.90. The first kappa shape index (κ1) is 16.0. The summed E-state index contributed by atoms with van der Waals surface area (Å²) in [5, 5.41) is 3.24. The van der Waals surface area contributed by atoms with Gasteiger partial charge in [-0.15, -0.1) is 11.8 Å². The van der Waals surface area contributed by atoms with Crippen molar-refractivity contribution in [2.45, 2.75) is 49.4 Å². The Morgan fingerprint density at radius 3 is 2.40 bits per heavy atom. The standard InChI is InChI=1S/C20H25FN2OS/c21-17-4-2-1-3-16(17)18-23(5-6-25-18)19(24)22-20-10-13-7-14(11-20)9-15(8-13)12-20/h1-4,13-15,18H,5-12H2,(H,22,24)/t13?,14?,15?,18-,20?/m1/s1. The van der Waals surface area contributed by atoms with Crippen LogP contribution in [0.4, 0.5) is 9.18 Å². The van der Waals surface area contributed by atoms with Crippen molar-refractivity contribution < 1.29 is 9.18 Å². The van der Waals surface area contributed by atoms with E-state index in [9.17, 15) is 9.18 Å². The molecule has 1 heterocycles. The number of nitrogens with zero attached hydrogens (tertiary/aromatic N) is 1. The molecule has 5 fully saturated rings. The Morgan fingerprint density at radius 2 is 1.76 bits per heavy atom. The number of amides is 2. The van der Waals surface area contributed by atoms with Gasteiger partial charge in [-0.25, -0.2) is 9.18 Å². The van der Waals surface area contributed by atoms with E-state index in [4.69, 9.17) is 0 Å². The summed E-state index contributed by atoms with van der Waals surface area (Å²) >= 11 is 1.66. The summed E-state index contributed by atoms with van der Waals surface area (Å²) in [5.74, 6) is 3.08. The molecule has 0 spiro atoms. The van der Waals surface area contributed by atoms with E-state index in [2.05, 4.69) is 5.32 Å². The molecule has 134 valence electrons. The number of hydrogen-bond acceptors (Lipinski definition) is 2. The monoisotopic (exact) mass is 360 g/mol. The molecule has 4 bridgehead atoms. The minimum atomic E-state index is -0.213. The van der Waals surface area contributed by atoms with E-state index in [1.807, 2.05) is 17.0 Å². The van der Waals surface area contributed by atoms with Gasteiger partial charge in [-0.3, -0.25) is 0 Å². The zero-order valence-electron chi connectivity index (χ0n) is 14.4. The van der Waals surface area contributed by atoms with Gasteiger partial charge in [0, 0.05) is 23.4 Å². The number of carbonyl (C=O) groups excluding carboxylic acids is 1. The van der Waals surface area contributed by atoms with Crippen LogP contribution in [0.25, 0.3) is 0 Å². The molecule has 4 saturated carbocycles. The van der Waals surface area contributed by atoms with Gasteiger partial charge in [0.1, 0.15) is 11.2 Å². The molecule has 0 aromatic heterocycles. The summed E-state index contributed by atoms with van der Waals surface area (Å²) < 4.78 is 14.2. The van der Waals surface area contributed by atoms with Gasteiger partial charge in [0.05, 0.1) is 0 Å². The van der Waals surface area contributed by atoms with Gasteiger partial charge in [0.25, 0.3) is 0 Å². The fourth-order valence-electron chi connectivity index (χ4n) is 6.17. The lowest BCUT2D eigenvalue weighted by Gasteiger charge is -2.57. The van der Waals surface area contributed by atoms with Crippen molar-refractivity contribution >= 4 is 17.8 Å². The van der Waals surface area contributed by atoms with Gasteiger partial charge >= 0.3 is 6.03 Å². The maximum absolute atomic E-state index is 14.2. The quantitative estimate of drug-likeness (QED) is 0.839. The predicted molar refractivity (Wildman–Crippen MR) is 97.7 cm³/mol. The molecule has 0 radical (unpaired) electrons. The van der Waals surface area contributed by atoms with E-state index in [1.165, 1.54) is 25.3 Å². The molecule has 3 nitrogen and oxygen atoms in total. The van der Waals surface area contributed by atoms with Crippen LogP contribution >= 0.6 is 11.8 Å². The molecule has 5 aliphatic rings. The van der Waals surface area contributed by atoms with E-state index in [0.717, 1.165) is 42.8 Å². The Hall–Kier alpha value is -1.23. The van der Waals surface area contributed by atoms with E-state index < -0.39 is 0 Å². The van der Waals surface area contributed by atoms with Gasteiger partial charge in [0.2, 0.25) is 0 Å². The molecular formula is C20H25FN2OS. The van der Waals surface area contributed by atoms with E-state index >= 15 is 0 Å². The molecule has 4 aliphatic carbocycles. The molecule has 1 aliphatic heterocycles. The van der Waals surface area contributed by atoms with Gasteiger partial charge < -0.3 is 10.2 Å². The minimum absolute atomic E-state index is 0.0128. The summed E-state index contributed by atoms with van der Waals surface area (Å²) in [6.07, 6.45) is 7.55. The van der Waals surface area contributed by atoms with Crippen molar-refractivity contribution in [1.29, 1.82) is 0 Å². The molecule has 6 rings (SSSR count). The number of hydrogen-bond donors (Lipinski definition) is 1. The smallest absolute Gasteiger partial charge is 0.319 e. The van der Waals surface area contributed by atoms with Gasteiger partial charge in [-0.1, -0.05) is 18.2 Å². The van der Waals surface area contributed by atoms with Gasteiger partial charge in [-0.2, -0.15) is 0 Å². The highest BCUT2D eigenvalue weighted by Crippen LogP contribution is 2.55. The maximum Gasteiger partial charge on any atom is 0.319 e. The maximum atomic E-state index is 14.2. The summed E-state index contributed by atoms with van der Waals surface area (Å²) in [6, 6.07) is 6.87. The largest absolute Gasteiger partial charge is 0.332 e. The SMILES string of the molecule is O=C(NC12CC3CC(CC(C3)C1)C2)N1CCS[C@@H]1c1ccccc1F. The van der Waals surface area contributed by atoms with Crippen molar-refractivity contribution in [3.05, 3.63) is 35.6 Å². The number of halogens is 1. The Balaban J connectivity index is 1.35. The number of benzene rings is 1. The third-order valence-corrected chi connectivity index (χ3v) is 7.98. The van der Waals surface area contributed by atoms with Crippen molar-refractivity contribution in [2.75, 3.05) is 12.3 Å². The fraction of sp³-hybridized carbons (Fsp3) is 0.650. The summed E-state index contributed by atoms with van der Waals surface area (Å²) in [4.78, 5) is 15.0. The Morgan fingerprint density at radius 1 is 1.12 bits per heavy atom. The minimum Gasteiger partial charge on any atom is -0.332 e. The third-order valence-electron chi connectivity index (χ3n) is 6.73. The normalized spacial score (nSPS) is 39.0. The van der Waals surface area contributed by atoms with Gasteiger partial charge in [0.15, 0.2) is 0 Å². The zero-order valence-corrected chi connectivity index (χ0v) is 15.2. The van der Waals surface area contributed by atoms with E-state index in [-0.39, 0.29) is 22.8 Å². The zero-order chi connectivity index (χ0) is 17.0. The molecule has 1 saturated heterocycles. The van der Waals surface area contributed by atoms with Crippen molar-refractivity contribution in [1.82, 2.24) is 10.2 Å². The Kier molecular flexibility index (Phi) is 3.77. The number of thioether (sulfide) groups is 1. The molecule has 1 aromatic carbocycles. The van der Waals surface area contributed by atoms with Crippen LogP contribution in [0.5, 0.6) is 0 Å². The number of rotatable bonds is 2. The van der Waals surface area contributed by atoms with Crippen LogP contribution in [0.3, 0.4) is 0 Å². The second-order valence-electron chi connectivity index (χ2n) is 8.57. The van der Waals surface area contributed by atoms with Crippen molar-refractivity contribution in [3.63, 3.8) is 0 Å². The lowest BCUT2D eigenvalue weighted by Crippen LogP contribution is -2.61. The average Bonchev–Trinajstić information content (AvgIpc) is 3.03. The fourth-order valence-corrected chi connectivity index (χ4v) is 7.45. The summed E-state index contributed by atoms with van der Waals surface area (Å²) in [7, 11) is 0. The molecule has 1 aromatic rings. The molecule has 0 unspecified atom stereocenters. The highest BCUT2D eigenvalue weighted by Gasteiger charge is 2.52. The molecule has 2 amide bonds. The Bertz CT molecular complexity index is 659. The molecule has 1 atom stereocenters. The van der Waals surface area contributed by atoms with E-state index in [1.54, 1.807) is 17.8 Å². The molecule has 25 heavy (non-hydrogen) atoms. The van der Waals surface area contributed by atoms with Crippen molar-refractivity contribution in [3.8, 4) is 0 Å². The first-order valence-electron chi connectivity index (χ1n) is 9.57. The summed E-state index contributed by atoms with van der Waals surface area (Å²) in [5.41, 5.74) is 0.643. The topological polar surface area (TPSA) is 32.3 Å². The lowest BCUT2D eigenvalue weighted by molar-refractivity contribution is -0.0156. The Labute approximate surface area is 152 Å². The highest BCUT2D eigenvalue weighted by molar-refractivity contribution is 7.99. The summed E-state index contributed by atoms with van der Waals surface area (Å²) in [6.45, 7) is 0.696. The van der Waals surface area contributed by atoms with Crippen LogP contribution in [-0.2, 0) is 0 Å². The molecule has 5 heteroatoms. The van der Waals surface area contributed by atoms with E-state index in [0.29, 0.717) is 12.1 Å². The van der Waals surface area contributed by atoms with Crippen LogP contribution in [0.1, 0.15) is 49.5 Å². The number of urea groups is 1. The number of carbonyl (C=O) groups is 1. The number of nitrogens with one attached hydrogen (secondary N) is 1. The van der Waals surface area contributed by atoms with Crippen LogP contribution in [0.15, 0.2) is 24.3 Å². The lowest BCUT2D eigenvalue weighted by atomic mass is 9.53. The second-order valence-corrected chi connectivity index (χ2v) is 9.75. The molecular weight excluding hydrogens is 335 g/mol. The van der Waals surface area contributed by atoms with Crippen LogP contribution in [-0.4, -0.2) is 28.8 Å². The van der Waals surface area contributed by atoms with Gasteiger partial charge in [-0.05, 0) is 62.3 Å². The first-order valence-corrected chi connectivity index (χ1v) is 10.6. The predicted octanol–water partition coefficient (Wildman–Crippen LogP) is 4.55. The van der Waals surface area contributed by atoms with Crippen LogP contribution in [0.2, 0.25) is 0 Å². The van der Waals surface area contributed by atoms with Crippen LogP contribution < -0.4 is 5.32 Å². The highest BCUT2D eigenvalue weighted by atomic mass is 32.2. The third kappa shape index (κ3) is 2.75. The molecule has 1 N–H and O–H groups in total. The van der Waals surface area contributed by atoms with Crippen LogP contribution in [0, 0.1) is 23.6 Å².